The van der Waals surface area contributed by atoms with Crippen LogP contribution in [0.3, 0.4) is 0 Å². The van der Waals surface area contributed by atoms with Crippen molar-refractivity contribution in [3.8, 4) is 0 Å². The van der Waals surface area contributed by atoms with Crippen LogP contribution in [-0.2, 0) is 15.7 Å². The second-order valence-electron chi connectivity index (χ2n) is 7.38. The molecule has 1 heterocycles. The van der Waals surface area contributed by atoms with E-state index in [4.69, 9.17) is 4.74 Å². The van der Waals surface area contributed by atoms with Gasteiger partial charge in [0.1, 0.15) is 0 Å². The third kappa shape index (κ3) is 5.75. The molecule has 6 nitrogen and oxygen atoms in total. The van der Waals surface area contributed by atoms with Gasteiger partial charge in [-0.25, -0.2) is 4.79 Å². The summed E-state index contributed by atoms with van der Waals surface area (Å²) in [6, 6.07) is 10.2. The monoisotopic (exact) mass is 435 g/mol. The van der Waals surface area contributed by atoms with Gasteiger partial charge in [0.15, 0.2) is 0 Å². The predicted octanol–water partition coefficient (Wildman–Crippen LogP) is 3.56. The van der Waals surface area contributed by atoms with Crippen LogP contribution in [0, 0.1) is 6.92 Å². The van der Waals surface area contributed by atoms with Crippen LogP contribution in [0.1, 0.15) is 21.5 Å². The summed E-state index contributed by atoms with van der Waals surface area (Å²) in [6.07, 6.45) is -4.38. The summed E-state index contributed by atoms with van der Waals surface area (Å²) in [6.45, 7) is 4.11. The highest BCUT2D eigenvalue weighted by atomic mass is 19.4. The van der Waals surface area contributed by atoms with Crippen molar-refractivity contribution in [2.45, 2.75) is 13.1 Å². The van der Waals surface area contributed by atoms with Crippen molar-refractivity contribution in [3.05, 3.63) is 59.2 Å². The van der Waals surface area contributed by atoms with E-state index in [1.54, 1.807) is 24.3 Å². The molecule has 0 bridgehead atoms. The fourth-order valence-corrected chi connectivity index (χ4v) is 3.44. The van der Waals surface area contributed by atoms with E-state index in [1.165, 1.54) is 13.2 Å². The lowest BCUT2D eigenvalue weighted by Crippen LogP contribution is -2.48. The number of carbonyl (C=O) groups is 2. The molecule has 31 heavy (non-hydrogen) atoms. The molecule has 0 aromatic heterocycles. The van der Waals surface area contributed by atoms with Gasteiger partial charge in [-0.15, -0.1) is 0 Å². The molecular formula is C22H24F3N3O3. The first-order valence-electron chi connectivity index (χ1n) is 9.81. The van der Waals surface area contributed by atoms with Crippen molar-refractivity contribution in [2.75, 3.05) is 50.1 Å². The molecule has 0 spiro atoms. The van der Waals surface area contributed by atoms with Crippen molar-refractivity contribution in [3.63, 3.8) is 0 Å². The Kier molecular flexibility index (Phi) is 6.84. The summed E-state index contributed by atoms with van der Waals surface area (Å²) < 4.78 is 43.5. The number of rotatable bonds is 5. The van der Waals surface area contributed by atoms with Gasteiger partial charge in [0.2, 0.25) is 5.91 Å². The standard InChI is InChI=1S/C22H24F3N3O3/c1-15-6-7-16(21(30)31-2)12-19(15)26-20(29)14-27-8-10-28(11-9-27)18-5-3-4-17(13-18)22(23,24)25/h3-7,12-13H,8-11,14H2,1-2H3,(H,26,29). The minimum atomic E-state index is -4.38. The second kappa shape index (κ2) is 9.38. The number of methoxy groups -OCH3 is 1. The van der Waals surface area contributed by atoms with Gasteiger partial charge in [-0.3, -0.25) is 9.69 Å². The number of esters is 1. The van der Waals surface area contributed by atoms with Crippen LogP contribution in [0.2, 0.25) is 0 Å². The van der Waals surface area contributed by atoms with E-state index in [0.717, 1.165) is 17.7 Å². The van der Waals surface area contributed by atoms with E-state index in [9.17, 15) is 22.8 Å². The van der Waals surface area contributed by atoms with Crippen LogP contribution in [0.25, 0.3) is 0 Å². The lowest BCUT2D eigenvalue weighted by atomic mass is 10.1. The summed E-state index contributed by atoms with van der Waals surface area (Å²) in [5.74, 6) is -0.709. The summed E-state index contributed by atoms with van der Waals surface area (Å²) in [7, 11) is 1.29. The lowest BCUT2D eigenvalue weighted by Gasteiger charge is -2.36. The first-order valence-corrected chi connectivity index (χ1v) is 9.81. The molecule has 1 saturated heterocycles. The number of hydrogen-bond acceptors (Lipinski definition) is 5. The molecule has 2 aromatic rings. The molecule has 1 fully saturated rings. The minimum absolute atomic E-state index is 0.151. The maximum absolute atomic E-state index is 12.9. The Morgan fingerprint density at radius 2 is 1.77 bits per heavy atom. The zero-order chi connectivity index (χ0) is 22.6. The quantitative estimate of drug-likeness (QED) is 0.728. The molecule has 166 valence electrons. The Labute approximate surface area is 178 Å². The number of ether oxygens (including phenoxy) is 1. The average molecular weight is 435 g/mol. The number of nitrogens with zero attached hydrogens (tertiary/aromatic N) is 2. The van der Waals surface area contributed by atoms with Gasteiger partial charge in [-0.1, -0.05) is 12.1 Å². The fraction of sp³-hybridized carbons (Fsp3) is 0.364. The molecule has 2 aromatic carbocycles. The Morgan fingerprint density at radius 1 is 1.06 bits per heavy atom. The third-order valence-corrected chi connectivity index (χ3v) is 5.21. The highest BCUT2D eigenvalue weighted by Gasteiger charge is 2.31. The average Bonchev–Trinajstić information content (AvgIpc) is 2.74. The van der Waals surface area contributed by atoms with Crippen LogP contribution in [0.15, 0.2) is 42.5 Å². The van der Waals surface area contributed by atoms with E-state index < -0.39 is 17.7 Å². The molecule has 1 N–H and O–H groups in total. The second-order valence-corrected chi connectivity index (χ2v) is 7.38. The number of carbonyl (C=O) groups excluding carboxylic acids is 2. The molecule has 3 rings (SSSR count). The van der Waals surface area contributed by atoms with Crippen LogP contribution in [-0.4, -0.2) is 56.6 Å². The summed E-state index contributed by atoms with van der Waals surface area (Å²) in [5, 5.41) is 2.82. The Balaban J connectivity index is 1.56. The van der Waals surface area contributed by atoms with E-state index >= 15 is 0 Å². The number of piperazine rings is 1. The first kappa shape index (κ1) is 22.6. The normalized spacial score (nSPS) is 14.9. The topological polar surface area (TPSA) is 61.9 Å². The maximum Gasteiger partial charge on any atom is 0.416 e. The molecule has 1 amide bonds. The van der Waals surface area contributed by atoms with E-state index in [1.807, 2.05) is 16.7 Å². The van der Waals surface area contributed by atoms with Crippen LogP contribution in [0.4, 0.5) is 24.5 Å². The number of hydrogen-bond donors (Lipinski definition) is 1. The maximum atomic E-state index is 12.9. The van der Waals surface area contributed by atoms with Crippen LogP contribution in [0.5, 0.6) is 0 Å². The number of aryl methyl sites for hydroxylation is 1. The smallest absolute Gasteiger partial charge is 0.416 e. The molecular weight excluding hydrogens is 411 g/mol. The molecule has 0 saturated carbocycles. The predicted molar refractivity (Wildman–Crippen MR) is 111 cm³/mol. The molecule has 0 radical (unpaired) electrons. The minimum Gasteiger partial charge on any atom is -0.465 e. The van der Waals surface area contributed by atoms with Crippen molar-refractivity contribution >= 4 is 23.3 Å². The highest BCUT2D eigenvalue weighted by molar-refractivity contribution is 5.96. The molecule has 0 atom stereocenters. The molecule has 9 heteroatoms. The number of benzene rings is 2. The fourth-order valence-electron chi connectivity index (χ4n) is 3.44. The largest absolute Gasteiger partial charge is 0.465 e. The van der Waals surface area contributed by atoms with Gasteiger partial charge in [0.05, 0.1) is 24.8 Å². The number of alkyl halides is 3. The SMILES string of the molecule is COC(=O)c1ccc(C)c(NC(=O)CN2CCN(c3cccc(C(F)(F)F)c3)CC2)c1. The highest BCUT2D eigenvalue weighted by Crippen LogP contribution is 2.31. The number of nitrogens with one attached hydrogen (secondary N) is 1. The van der Waals surface area contributed by atoms with E-state index in [-0.39, 0.29) is 12.5 Å². The van der Waals surface area contributed by atoms with Gasteiger partial charge >= 0.3 is 12.1 Å². The molecule has 1 aliphatic rings. The third-order valence-electron chi connectivity index (χ3n) is 5.21. The van der Waals surface area contributed by atoms with E-state index in [2.05, 4.69) is 5.32 Å². The number of anilines is 2. The Hall–Kier alpha value is -3.07. The van der Waals surface area contributed by atoms with Crippen molar-refractivity contribution in [2.24, 2.45) is 0 Å². The van der Waals surface area contributed by atoms with Gasteiger partial charge in [0.25, 0.3) is 0 Å². The van der Waals surface area contributed by atoms with Gasteiger partial charge in [-0.2, -0.15) is 13.2 Å². The van der Waals surface area contributed by atoms with Crippen LogP contribution >= 0.6 is 0 Å². The lowest BCUT2D eigenvalue weighted by molar-refractivity contribution is -0.137. The van der Waals surface area contributed by atoms with Gasteiger partial charge in [-0.05, 0) is 42.8 Å². The van der Waals surface area contributed by atoms with Crippen molar-refractivity contribution in [1.29, 1.82) is 0 Å². The zero-order valence-electron chi connectivity index (χ0n) is 17.3. The van der Waals surface area contributed by atoms with Crippen molar-refractivity contribution < 1.29 is 27.5 Å². The Bertz CT molecular complexity index is 955. The van der Waals surface area contributed by atoms with Gasteiger partial charge < -0.3 is 15.0 Å². The number of amides is 1. The van der Waals surface area contributed by atoms with Crippen molar-refractivity contribution in [1.82, 2.24) is 4.90 Å². The molecule has 0 unspecified atom stereocenters. The summed E-state index contributed by atoms with van der Waals surface area (Å²) in [5.41, 5.74) is 1.55. The van der Waals surface area contributed by atoms with Crippen LogP contribution < -0.4 is 10.2 Å². The molecule has 1 aliphatic heterocycles. The van der Waals surface area contributed by atoms with Gasteiger partial charge in [0, 0.05) is 37.6 Å². The molecule has 0 aliphatic carbocycles. The Morgan fingerprint density at radius 3 is 2.42 bits per heavy atom. The zero-order valence-corrected chi connectivity index (χ0v) is 17.3. The first-order chi connectivity index (χ1) is 14.7. The van der Waals surface area contributed by atoms with E-state index in [0.29, 0.717) is 43.1 Å². The summed E-state index contributed by atoms with van der Waals surface area (Å²) >= 11 is 0. The number of halogens is 3. The summed E-state index contributed by atoms with van der Waals surface area (Å²) in [4.78, 5) is 28.0.